The number of unbranched alkanes of at least 4 members (excludes halogenated alkanes) is 3. The van der Waals surface area contributed by atoms with Crippen molar-refractivity contribution in [3.8, 4) is 0 Å². The molecule has 1 N–H and O–H groups in total. The van der Waals surface area contributed by atoms with Crippen LogP contribution in [0.25, 0.3) is 0 Å². The van der Waals surface area contributed by atoms with Crippen LogP contribution in [0.1, 0.15) is 32.6 Å². The molecule has 90 valence electrons. The van der Waals surface area contributed by atoms with Crippen LogP contribution in [0.15, 0.2) is 0 Å². The summed E-state index contributed by atoms with van der Waals surface area (Å²) in [5.41, 5.74) is 0. The molecule has 0 spiro atoms. The largest absolute Gasteiger partial charge is 0.870 e. The SMILES string of the molecule is CCCCCC[N+]12CCN(CC1)CC2.[OH-]. The number of rotatable bonds is 5. The Morgan fingerprint density at radius 3 is 2.07 bits per heavy atom. The number of nitrogens with zero attached hydrogens (tertiary/aromatic N) is 2. The monoisotopic (exact) mass is 214 g/mol. The average molecular weight is 214 g/mol. The van der Waals surface area contributed by atoms with Crippen molar-refractivity contribution in [2.24, 2.45) is 0 Å². The lowest BCUT2D eigenvalue weighted by Gasteiger charge is -2.50. The molecule has 3 rings (SSSR count). The quantitative estimate of drug-likeness (QED) is 0.514. The summed E-state index contributed by atoms with van der Waals surface area (Å²) in [4.78, 5) is 2.63. The number of quaternary nitrogens is 1. The molecule has 0 radical (unpaired) electrons. The van der Waals surface area contributed by atoms with Gasteiger partial charge in [-0.3, -0.25) is 4.90 Å². The van der Waals surface area contributed by atoms with Gasteiger partial charge in [0.1, 0.15) is 0 Å². The average Bonchev–Trinajstić information content (AvgIpc) is 2.27. The Labute approximate surface area is 94.0 Å². The lowest BCUT2D eigenvalue weighted by molar-refractivity contribution is -0.941. The van der Waals surface area contributed by atoms with Crippen LogP contribution in [0.4, 0.5) is 0 Å². The molecule has 2 bridgehead atoms. The minimum absolute atomic E-state index is 0. The van der Waals surface area contributed by atoms with E-state index in [9.17, 15) is 0 Å². The first-order valence-electron chi connectivity index (χ1n) is 6.42. The maximum absolute atomic E-state index is 2.63. The Morgan fingerprint density at radius 1 is 0.933 bits per heavy atom. The summed E-state index contributed by atoms with van der Waals surface area (Å²) in [6.45, 7) is 12.2. The first-order valence-corrected chi connectivity index (χ1v) is 6.42. The molecule has 0 aliphatic carbocycles. The molecule has 0 saturated carbocycles. The van der Waals surface area contributed by atoms with Crippen molar-refractivity contribution < 1.29 is 9.96 Å². The van der Waals surface area contributed by atoms with Crippen molar-refractivity contribution >= 4 is 0 Å². The maximum atomic E-state index is 2.63. The highest BCUT2D eigenvalue weighted by atomic mass is 16.0. The molecule has 0 aromatic rings. The standard InChI is InChI=1S/C12H25N2.H2O/c1-2-3-4-5-9-14-10-6-13(7-11-14)8-12-14;/h2-12H2,1H3;1H2/q+1;/p-1. The molecule has 0 atom stereocenters. The van der Waals surface area contributed by atoms with Crippen molar-refractivity contribution in [3.63, 3.8) is 0 Å². The molecule has 3 heterocycles. The van der Waals surface area contributed by atoms with E-state index in [-0.39, 0.29) is 5.48 Å². The van der Waals surface area contributed by atoms with E-state index in [1.807, 2.05) is 0 Å². The predicted molar refractivity (Wildman–Crippen MR) is 62.2 cm³/mol. The van der Waals surface area contributed by atoms with Crippen LogP contribution in [0, 0.1) is 0 Å². The molecular formula is C12H26N2O. The molecule has 0 aromatic heterocycles. The van der Waals surface area contributed by atoms with Crippen LogP contribution < -0.4 is 0 Å². The molecule has 0 aromatic carbocycles. The highest BCUT2D eigenvalue weighted by Crippen LogP contribution is 2.20. The van der Waals surface area contributed by atoms with Crippen molar-refractivity contribution in [3.05, 3.63) is 0 Å². The van der Waals surface area contributed by atoms with Gasteiger partial charge in [0.15, 0.2) is 0 Å². The second-order valence-electron chi connectivity index (χ2n) is 5.14. The normalized spacial score (nSPS) is 33.8. The van der Waals surface area contributed by atoms with E-state index in [2.05, 4.69) is 11.8 Å². The Balaban J connectivity index is 0.00000112. The zero-order valence-corrected chi connectivity index (χ0v) is 10.1. The van der Waals surface area contributed by atoms with Gasteiger partial charge in [0.05, 0.1) is 26.2 Å². The van der Waals surface area contributed by atoms with E-state index in [4.69, 9.17) is 0 Å². The molecule has 0 amide bonds. The van der Waals surface area contributed by atoms with Crippen LogP contribution in [-0.4, -0.2) is 60.7 Å². The van der Waals surface area contributed by atoms with E-state index in [1.54, 1.807) is 0 Å². The number of hydrogen-bond acceptors (Lipinski definition) is 2. The zero-order chi connectivity index (χ0) is 9.86. The summed E-state index contributed by atoms with van der Waals surface area (Å²) in [7, 11) is 0. The minimum atomic E-state index is 0. The number of hydrogen-bond donors (Lipinski definition) is 0. The van der Waals surface area contributed by atoms with Crippen LogP contribution >= 0.6 is 0 Å². The fraction of sp³-hybridized carbons (Fsp3) is 1.00. The third kappa shape index (κ3) is 3.16. The predicted octanol–water partition coefficient (Wildman–Crippen LogP) is 1.54. The molecule has 0 unspecified atom stereocenters. The van der Waals surface area contributed by atoms with Crippen LogP contribution in [0.5, 0.6) is 0 Å². The Kier molecular flexibility index (Phi) is 5.03. The zero-order valence-electron chi connectivity index (χ0n) is 10.1. The Hall–Kier alpha value is -0.120. The van der Waals surface area contributed by atoms with Gasteiger partial charge >= 0.3 is 0 Å². The first kappa shape index (κ1) is 12.9. The Bertz CT molecular complexity index is 163. The van der Waals surface area contributed by atoms with E-state index in [0.29, 0.717) is 0 Å². The minimum Gasteiger partial charge on any atom is -0.870 e. The summed E-state index contributed by atoms with van der Waals surface area (Å²) in [6, 6.07) is 0. The first-order chi connectivity index (χ1) is 6.85. The lowest BCUT2D eigenvalue weighted by Crippen LogP contribution is -2.67. The van der Waals surface area contributed by atoms with Crippen molar-refractivity contribution in [1.29, 1.82) is 0 Å². The van der Waals surface area contributed by atoms with Gasteiger partial charge in [-0.2, -0.15) is 0 Å². The molecule has 15 heavy (non-hydrogen) atoms. The second-order valence-corrected chi connectivity index (χ2v) is 5.14. The highest BCUT2D eigenvalue weighted by Gasteiger charge is 2.37. The smallest absolute Gasteiger partial charge is 0.0916 e. The van der Waals surface area contributed by atoms with Gasteiger partial charge < -0.3 is 9.96 Å². The van der Waals surface area contributed by atoms with Gasteiger partial charge in [-0.05, 0) is 12.8 Å². The molecular weight excluding hydrogens is 188 g/mol. The number of piperazine rings is 3. The van der Waals surface area contributed by atoms with Crippen LogP contribution in [0.2, 0.25) is 0 Å². The van der Waals surface area contributed by atoms with Gasteiger partial charge in [0.25, 0.3) is 0 Å². The third-order valence-electron chi connectivity index (χ3n) is 4.16. The van der Waals surface area contributed by atoms with E-state index in [1.165, 1.54) is 76.0 Å². The van der Waals surface area contributed by atoms with Gasteiger partial charge in [-0.1, -0.05) is 19.8 Å². The highest BCUT2D eigenvalue weighted by molar-refractivity contribution is 4.70. The molecule has 3 aliphatic rings. The van der Waals surface area contributed by atoms with Crippen LogP contribution in [-0.2, 0) is 0 Å². The van der Waals surface area contributed by atoms with E-state index >= 15 is 0 Å². The molecule has 3 saturated heterocycles. The van der Waals surface area contributed by atoms with E-state index < -0.39 is 0 Å². The van der Waals surface area contributed by atoms with Gasteiger partial charge in [-0.25, -0.2) is 0 Å². The Morgan fingerprint density at radius 2 is 1.53 bits per heavy atom. The molecule has 3 aliphatic heterocycles. The van der Waals surface area contributed by atoms with Gasteiger partial charge in [0.2, 0.25) is 0 Å². The fourth-order valence-corrected chi connectivity index (χ4v) is 2.94. The van der Waals surface area contributed by atoms with Crippen LogP contribution in [0.3, 0.4) is 0 Å². The van der Waals surface area contributed by atoms with Crippen molar-refractivity contribution in [2.45, 2.75) is 32.6 Å². The topological polar surface area (TPSA) is 33.2 Å². The second kappa shape index (κ2) is 5.83. The summed E-state index contributed by atoms with van der Waals surface area (Å²) >= 11 is 0. The summed E-state index contributed by atoms with van der Waals surface area (Å²) in [6.07, 6.45) is 5.73. The molecule has 3 heteroatoms. The van der Waals surface area contributed by atoms with E-state index in [0.717, 1.165) is 0 Å². The molecule has 3 nitrogen and oxygen atoms in total. The maximum Gasteiger partial charge on any atom is 0.0916 e. The third-order valence-corrected chi connectivity index (χ3v) is 4.16. The lowest BCUT2D eigenvalue weighted by atomic mass is 10.1. The van der Waals surface area contributed by atoms with Gasteiger partial charge in [-0.15, -0.1) is 0 Å². The number of fused-ring (bicyclic) bond motifs is 3. The molecule has 3 fully saturated rings. The van der Waals surface area contributed by atoms with Crippen molar-refractivity contribution in [1.82, 2.24) is 4.90 Å². The summed E-state index contributed by atoms with van der Waals surface area (Å²) in [5.74, 6) is 0. The van der Waals surface area contributed by atoms with Gasteiger partial charge in [0, 0.05) is 19.6 Å². The summed E-state index contributed by atoms with van der Waals surface area (Å²) in [5, 5.41) is 0. The summed E-state index contributed by atoms with van der Waals surface area (Å²) < 4.78 is 1.46. The fourth-order valence-electron chi connectivity index (χ4n) is 2.94. The van der Waals surface area contributed by atoms with Crippen molar-refractivity contribution in [2.75, 3.05) is 45.8 Å².